The van der Waals surface area contributed by atoms with Crippen LogP contribution in [0.15, 0.2) is 29.2 Å². The van der Waals surface area contributed by atoms with Crippen LogP contribution in [0.5, 0.6) is 0 Å². The Kier molecular flexibility index (Phi) is 2.59. The number of aromatic nitrogens is 2. The van der Waals surface area contributed by atoms with E-state index >= 15 is 0 Å². The first kappa shape index (κ1) is 11.2. The van der Waals surface area contributed by atoms with Gasteiger partial charge in [-0.2, -0.15) is 0 Å². The molecular weight excluding hydrogens is 220 g/mol. The Labute approximate surface area is 97.3 Å². The second-order valence-electron chi connectivity index (χ2n) is 3.97. The highest BCUT2D eigenvalue weighted by molar-refractivity contribution is 5.86. The highest BCUT2D eigenvalue weighted by Gasteiger charge is 2.14. The average Bonchev–Trinajstić information content (AvgIpc) is 2.58. The molecule has 0 bridgehead atoms. The summed E-state index contributed by atoms with van der Waals surface area (Å²) in [4.78, 5) is 25.0. The zero-order chi connectivity index (χ0) is 12.6. The minimum absolute atomic E-state index is 0.0694. The van der Waals surface area contributed by atoms with E-state index in [0.717, 1.165) is 15.7 Å². The molecule has 0 atom stereocenters. The molecule has 0 fully saturated rings. The van der Waals surface area contributed by atoms with Gasteiger partial charge in [-0.15, -0.1) is 0 Å². The lowest BCUT2D eigenvalue weighted by Gasteiger charge is -2.06. The van der Waals surface area contributed by atoms with Gasteiger partial charge in [0.1, 0.15) is 0 Å². The third kappa shape index (κ3) is 1.99. The molecule has 0 spiro atoms. The summed E-state index contributed by atoms with van der Waals surface area (Å²) in [6.45, 7) is 3.79. The molecule has 5 heteroatoms. The molecule has 0 saturated carbocycles. The van der Waals surface area contributed by atoms with E-state index in [2.05, 4.69) is 4.98 Å². The first-order valence-electron chi connectivity index (χ1n) is 5.11. The molecule has 1 heterocycles. The van der Waals surface area contributed by atoms with Gasteiger partial charge in [0.2, 0.25) is 0 Å². The van der Waals surface area contributed by atoms with Crippen molar-refractivity contribution in [1.29, 1.82) is 0 Å². The van der Waals surface area contributed by atoms with E-state index in [1.54, 1.807) is 12.1 Å². The van der Waals surface area contributed by atoms with Crippen LogP contribution in [0.4, 0.5) is 0 Å². The van der Waals surface area contributed by atoms with E-state index in [1.165, 1.54) is 6.20 Å². The number of hydrogen-bond donors (Lipinski definition) is 2. The fourth-order valence-corrected chi connectivity index (χ4v) is 1.86. The minimum atomic E-state index is -1.14. The van der Waals surface area contributed by atoms with E-state index in [0.29, 0.717) is 5.69 Å². The Morgan fingerprint density at radius 2 is 1.82 bits per heavy atom. The lowest BCUT2D eigenvalue weighted by molar-refractivity contribution is 0.0688. The summed E-state index contributed by atoms with van der Waals surface area (Å²) in [5, 5.41) is 9.00. The zero-order valence-corrected chi connectivity index (χ0v) is 9.52. The summed E-state index contributed by atoms with van der Waals surface area (Å²) >= 11 is 0. The Bertz CT molecular complexity index is 617. The average molecular weight is 232 g/mol. The number of carboxylic acids is 1. The summed E-state index contributed by atoms with van der Waals surface area (Å²) in [5.41, 5.74) is 1.99. The number of nitrogens with one attached hydrogen (secondary N) is 1. The number of imidazole rings is 1. The maximum atomic E-state index is 11.6. The topological polar surface area (TPSA) is 75.1 Å². The fourth-order valence-electron chi connectivity index (χ4n) is 1.86. The maximum Gasteiger partial charge on any atom is 0.354 e. The molecule has 0 aliphatic heterocycles. The van der Waals surface area contributed by atoms with Crippen molar-refractivity contribution in [3.8, 4) is 5.69 Å². The zero-order valence-electron chi connectivity index (χ0n) is 9.52. The van der Waals surface area contributed by atoms with E-state index in [9.17, 15) is 9.59 Å². The quantitative estimate of drug-likeness (QED) is 0.823. The van der Waals surface area contributed by atoms with Crippen LogP contribution in [-0.4, -0.2) is 20.6 Å². The Hall–Kier alpha value is -2.30. The van der Waals surface area contributed by atoms with Crippen molar-refractivity contribution in [2.24, 2.45) is 0 Å². The molecule has 2 aromatic rings. The van der Waals surface area contributed by atoms with Crippen LogP contribution >= 0.6 is 0 Å². The number of hydrogen-bond acceptors (Lipinski definition) is 2. The number of carboxylic acid groups (broad SMARTS) is 1. The van der Waals surface area contributed by atoms with Crippen LogP contribution in [0, 0.1) is 13.8 Å². The van der Waals surface area contributed by atoms with Gasteiger partial charge >= 0.3 is 11.7 Å². The van der Waals surface area contributed by atoms with Crippen LogP contribution in [0.3, 0.4) is 0 Å². The van der Waals surface area contributed by atoms with Gasteiger partial charge < -0.3 is 10.1 Å². The van der Waals surface area contributed by atoms with Crippen molar-refractivity contribution in [1.82, 2.24) is 9.55 Å². The lowest BCUT2D eigenvalue weighted by atomic mass is 10.1. The Morgan fingerprint density at radius 3 is 2.35 bits per heavy atom. The van der Waals surface area contributed by atoms with E-state index in [4.69, 9.17) is 5.11 Å². The first-order valence-corrected chi connectivity index (χ1v) is 5.11. The van der Waals surface area contributed by atoms with Crippen LogP contribution in [0.25, 0.3) is 5.69 Å². The molecule has 88 valence electrons. The molecule has 1 aromatic carbocycles. The summed E-state index contributed by atoms with van der Waals surface area (Å²) in [7, 11) is 0. The fraction of sp³-hybridized carbons (Fsp3) is 0.167. The van der Waals surface area contributed by atoms with Crippen LogP contribution in [-0.2, 0) is 0 Å². The Balaban J connectivity index is 2.71. The predicted octanol–water partition coefficient (Wildman–Crippen LogP) is 1.48. The summed E-state index contributed by atoms with van der Waals surface area (Å²) in [6, 6.07) is 5.50. The maximum absolute atomic E-state index is 11.6. The normalized spacial score (nSPS) is 10.5. The monoisotopic (exact) mass is 232 g/mol. The van der Waals surface area contributed by atoms with E-state index in [1.807, 2.05) is 19.9 Å². The standard InChI is InChI=1S/C12H12N2O3/c1-7-3-8(2)5-9(4-7)14-10(11(15)16)6-13-12(14)17/h3-6H,1-2H3,(H,13,17)(H,15,16). The lowest BCUT2D eigenvalue weighted by Crippen LogP contribution is -2.19. The van der Waals surface area contributed by atoms with Crippen LogP contribution in [0.1, 0.15) is 21.6 Å². The molecule has 0 aliphatic carbocycles. The first-order chi connectivity index (χ1) is 7.99. The molecule has 5 nitrogen and oxygen atoms in total. The number of carbonyl (C=O) groups is 1. The van der Waals surface area contributed by atoms with Crippen molar-refractivity contribution in [2.45, 2.75) is 13.8 Å². The SMILES string of the molecule is Cc1cc(C)cc(-n2c(C(=O)O)c[nH]c2=O)c1. The molecular formula is C12H12N2O3. The van der Waals surface area contributed by atoms with Gasteiger partial charge in [0.05, 0.1) is 5.69 Å². The largest absolute Gasteiger partial charge is 0.477 e. The third-order valence-corrected chi connectivity index (χ3v) is 2.46. The van der Waals surface area contributed by atoms with Crippen LogP contribution in [0.2, 0.25) is 0 Å². The molecule has 2 rings (SSSR count). The van der Waals surface area contributed by atoms with Gasteiger partial charge in [-0.25, -0.2) is 9.59 Å². The summed E-state index contributed by atoms with van der Waals surface area (Å²) in [5.74, 6) is -1.14. The molecule has 17 heavy (non-hydrogen) atoms. The van der Waals surface area contributed by atoms with Crippen molar-refractivity contribution < 1.29 is 9.90 Å². The van der Waals surface area contributed by atoms with Gasteiger partial charge in [-0.3, -0.25) is 4.57 Å². The second kappa shape index (κ2) is 3.93. The number of H-pyrrole nitrogens is 1. The van der Waals surface area contributed by atoms with Gasteiger partial charge in [0.15, 0.2) is 5.69 Å². The highest BCUT2D eigenvalue weighted by Crippen LogP contribution is 2.13. The molecule has 2 N–H and O–H groups in total. The van der Waals surface area contributed by atoms with Crippen molar-refractivity contribution in [2.75, 3.05) is 0 Å². The number of aromatic amines is 1. The van der Waals surface area contributed by atoms with Crippen molar-refractivity contribution in [3.63, 3.8) is 0 Å². The third-order valence-electron chi connectivity index (χ3n) is 2.46. The Morgan fingerprint density at radius 1 is 1.24 bits per heavy atom. The van der Waals surface area contributed by atoms with Crippen molar-refractivity contribution >= 4 is 5.97 Å². The van der Waals surface area contributed by atoms with Gasteiger partial charge in [-0.1, -0.05) is 6.07 Å². The number of nitrogens with zero attached hydrogens (tertiary/aromatic N) is 1. The molecule has 0 amide bonds. The summed E-state index contributed by atoms with van der Waals surface area (Å²) in [6.07, 6.45) is 1.20. The molecule has 1 aromatic heterocycles. The number of aryl methyl sites for hydroxylation is 2. The van der Waals surface area contributed by atoms with Crippen molar-refractivity contribution in [3.05, 3.63) is 51.7 Å². The number of rotatable bonds is 2. The number of aromatic carboxylic acids is 1. The van der Waals surface area contributed by atoms with E-state index in [-0.39, 0.29) is 5.69 Å². The van der Waals surface area contributed by atoms with E-state index < -0.39 is 11.7 Å². The van der Waals surface area contributed by atoms with Gasteiger partial charge in [0.25, 0.3) is 0 Å². The highest BCUT2D eigenvalue weighted by atomic mass is 16.4. The smallest absolute Gasteiger partial charge is 0.354 e. The van der Waals surface area contributed by atoms with Gasteiger partial charge in [-0.05, 0) is 37.1 Å². The predicted molar refractivity (Wildman–Crippen MR) is 62.8 cm³/mol. The molecule has 0 unspecified atom stereocenters. The van der Waals surface area contributed by atoms with Gasteiger partial charge in [0, 0.05) is 6.20 Å². The number of benzene rings is 1. The second-order valence-corrected chi connectivity index (χ2v) is 3.97. The minimum Gasteiger partial charge on any atom is -0.477 e. The molecule has 0 radical (unpaired) electrons. The van der Waals surface area contributed by atoms with Crippen LogP contribution < -0.4 is 5.69 Å². The molecule has 0 aliphatic rings. The summed E-state index contributed by atoms with van der Waals surface area (Å²) < 4.78 is 1.16. The molecule has 0 saturated heterocycles.